The Balaban J connectivity index is 2.20. The maximum atomic E-state index is 13.1. The van der Waals surface area contributed by atoms with Crippen molar-refractivity contribution in [3.8, 4) is 11.5 Å². The molecule has 1 N–H and O–H groups in total. The average molecular weight is 468 g/mol. The second-order valence-corrected chi connectivity index (χ2v) is 10.4. The summed E-state index contributed by atoms with van der Waals surface area (Å²) in [6.45, 7) is 18.3. The van der Waals surface area contributed by atoms with E-state index in [1.54, 1.807) is 0 Å². The van der Waals surface area contributed by atoms with Gasteiger partial charge in [0.25, 0.3) is 5.91 Å². The fourth-order valence-electron chi connectivity index (χ4n) is 3.64. The van der Waals surface area contributed by atoms with E-state index in [0.717, 1.165) is 48.4 Å². The quantitative estimate of drug-likeness (QED) is 0.303. The zero-order valence-corrected chi connectivity index (χ0v) is 22.6. The minimum atomic E-state index is -0.572. The van der Waals surface area contributed by atoms with Gasteiger partial charge in [-0.1, -0.05) is 73.9 Å². The summed E-state index contributed by atoms with van der Waals surface area (Å²) in [6.07, 6.45) is 4.18. The van der Waals surface area contributed by atoms with Crippen molar-refractivity contribution in [1.82, 2.24) is 0 Å². The number of rotatable bonds is 13. The Kier molecular flexibility index (Phi) is 10.0. The molecule has 0 saturated carbocycles. The van der Waals surface area contributed by atoms with Gasteiger partial charge in [-0.05, 0) is 72.4 Å². The summed E-state index contributed by atoms with van der Waals surface area (Å²) < 4.78 is 12.1. The summed E-state index contributed by atoms with van der Waals surface area (Å²) in [5, 5.41) is 3.01. The first-order chi connectivity index (χ1) is 16.1. The van der Waals surface area contributed by atoms with Crippen LogP contribution in [0.2, 0.25) is 0 Å². The van der Waals surface area contributed by atoms with Crippen molar-refractivity contribution in [1.29, 1.82) is 0 Å². The van der Waals surface area contributed by atoms with Crippen molar-refractivity contribution >= 4 is 11.6 Å². The minimum absolute atomic E-state index is 0.0580. The first kappa shape index (κ1) is 27.8. The van der Waals surface area contributed by atoms with Crippen LogP contribution in [0.3, 0.4) is 0 Å². The number of unbranched alkanes of at least 4 members (excludes halogenated alkanes) is 1. The van der Waals surface area contributed by atoms with E-state index >= 15 is 0 Å². The van der Waals surface area contributed by atoms with E-state index in [-0.39, 0.29) is 16.7 Å². The van der Waals surface area contributed by atoms with Crippen LogP contribution in [0.5, 0.6) is 11.5 Å². The molecule has 188 valence electrons. The molecule has 4 heteroatoms. The molecule has 0 radical (unpaired) electrons. The van der Waals surface area contributed by atoms with Gasteiger partial charge < -0.3 is 14.8 Å². The first-order valence-electron chi connectivity index (χ1n) is 12.9. The van der Waals surface area contributed by atoms with Gasteiger partial charge in [0.2, 0.25) is 0 Å². The van der Waals surface area contributed by atoms with Crippen LogP contribution in [-0.4, -0.2) is 18.6 Å². The van der Waals surface area contributed by atoms with Gasteiger partial charge in [0.1, 0.15) is 11.5 Å². The molecule has 1 unspecified atom stereocenters. The largest absolute Gasteiger partial charge is 0.494 e. The molecule has 4 nitrogen and oxygen atoms in total. The second-order valence-electron chi connectivity index (χ2n) is 10.4. The molecule has 0 aliphatic rings. The average Bonchev–Trinajstić information content (AvgIpc) is 2.83. The van der Waals surface area contributed by atoms with E-state index in [1.807, 2.05) is 31.2 Å². The van der Waals surface area contributed by atoms with Crippen molar-refractivity contribution in [3.63, 3.8) is 0 Å². The van der Waals surface area contributed by atoms with Gasteiger partial charge >= 0.3 is 0 Å². The lowest BCUT2D eigenvalue weighted by atomic mass is 9.76. The van der Waals surface area contributed by atoms with Gasteiger partial charge in [0.15, 0.2) is 6.10 Å². The molecule has 0 saturated heterocycles. The van der Waals surface area contributed by atoms with Crippen LogP contribution in [0.1, 0.15) is 98.6 Å². The molecule has 1 amide bonds. The third kappa shape index (κ3) is 7.25. The van der Waals surface area contributed by atoms with Gasteiger partial charge in [-0.15, -0.1) is 0 Å². The Morgan fingerprint density at radius 3 is 2.12 bits per heavy atom. The second kappa shape index (κ2) is 12.3. The van der Waals surface area contributed by atoms with Crippen LogP contribution in [0.15, 0.2) is 42.5 Å². The Labute approximate surface area is 207 Å². The van der Waals surface area contributed by atoms with Crippen molar-refractivity contribution in [3.05, 3.63) is 53.6 Å². The Morgan fingerprint density at radius 1 is 0.912 bits per heavy atom. The van der Waals surface area contributed by atoms with E-state index in [4.69, 9.17) is 9.47 Å². The number of nitrogens with one attached hydrogen (secondary N) is 1. The number of ether oxygens (including phenoxy) is 2. The summed E-state index contributed by atoms with van der Waals surface area (Å²) in [4.78, 5) is 13.1. The van der Waals surface area contributed by atoms with E-state index in [2.05, 4.69) is 72.0 Å². The normalized spacial score (nSPS) is 12.8. The molecule has 2 aromatic rings. The van der Waals surface area contributed by atoms with Crippen molar-refractivity contribution in [2.45, 2.75) is 104 Å². The van der Waals surface area contributed by atoms with Crippen molar-refractivity contribution in [2.75, 3.05) is 11.9 Å². The molecule has 2 rings (SSSR count). The van der Waals surface area contributed by atoms with E-state index in [1.165, 1.54) is 5.56 Å². The predicted molar refractivity (Wildman–Crippen MR) is 143 cm³/mol. The summed E-state index contributed by atoms with van der Waals surface area (Å²) in [6, 6.07) is 14.0. The molecule has 0 aliphatic carbocycles. The van der Waals surface area contributed by atoms with Crippen molar-refractivity contribution < 1.29 is 14.3 Å². The topological polar surface area (TPSA) is 47.6 Å². The molecule has 2 aromatic carbocycles. The number of carbonyl (C=O) groups excluding carboxylic acids is 1. The lowest BCUT2D eigenvalue weighted by molar-refractivity contribution is -0.122. The summed E-state index contributed by atoms with van der Waals surface area (Å²) in [7, 11) is 0. The number of benzene rings is 2. The molecule has 0 spiro atoms. The monoisotopic (exact) mass is 467 g/mol. The Hall–Kier alpha value is -2.49. The molecule has 34 heavy (non-hydrogen) atoms. The third-order valence-corrected chi connectivity index (χ3v) is 7.08. The predicted octanol–water partition coefficient (Wildman–Crippen LogP) is 8.04. The smallest absolute Gasteiger partial charge is 0.265 e. The molecule has 0 aromatic heterocycles. The highest BCUT2D eigenvalue weighted by Crippen LogP contribution is 2.39. The number of hydrogen-bond donors (Lipinski definition) is 1. The highest BCUT2D eigenvalue weighted by molar-refractivity contribution is 5.94. The van der Waals surface area contributed by atoms with Crippen LogP contribution in [0, 0.1) is 0 Å². The minimum Gasteiger partial charge on any atom is -0.494 e. The van der Waals surface area contributed by atoms with Gasteiger partial charge in [0.05, 0.1) is 6.61 Å². The van der Waals surface area contributed by atoms with Crippen LogP contribution < -0.4 is 14.8 Å². The van der Waals surface area contributed by atoms with Crippen LogP contribution in [-0.2, 0) is 15.6 Å². The summed E-state index contributed by atoms with van der Waals surface area (Å²) in [5.74, 6) is 1.47. The zero-order chi connectivity index (χ0) is 25.4. The standard InChI is InChI=1S/C30H45NO3/c1-9-13-20-33-24-17-15-23(16-18-24)31-28(32)26(10-2)34-27-19-14-22(29(5,6)11-3)21-25(27)30(7,8)12-4/h14-19,21,26H,9-13,20H2,1-8H3,(H,31,32). The molecule has 0 aliphatic heterocycles. The van der Waals surface area contributed by atoms with E-state index in [0.29, 0.717) is 13.0 Å². The maximum Gasteiger partial charge on any atom is 0.265 e. The first-order valence-corrected chi connectivity index (χ1v) is 12.9. The molecular weight excluding hydrogens is 422 g/mol. The number of anilines is 1. The van der Waals surface area contributed by atoms with Gasteiger partial charge in [-0.25, -0.2) is 0 Å². The van der Waals surface area contributed by atoms with Crippen LogP contribution >= 0.6 is 0 Å². The van der Waals surface area contributed by atoms with Crippen molar-refractivity contribution in [2.24, 2.45) is 0 Å². The molecule has 0 bridgehead atoms. The fourth-order valence-corrected chi connectivity index (χ4v) is 3.64. The molecule has 1 atom stereocenters. The zero-order valence-electron chi connectivity index (χ0n) is 22.6. The van der Waals surface area contributed by atoms with Gasteiger partial charge in [-0.3, -0.25) is 4.79 Å². The summed E-state index contributed by atoms with van der Waals surface area (Å²) in [5.41, 5.74) is 3.23. The summed E-state index contributed by atoms with van der Waals surface area (Å²) >= 11 is 0. The molecule has 0 fully saturated rings. The maximum absolute atomic E-state index is 13.1. The van der Waals surface area contributed by atoms with Crippen LogP contribution in [0.4, 0.5) is 5.69 Å². The highest BCUT2D eigenvalue weighted by Gasteiger charge is 2.28. The SMILES string of the molecule is CCCCOc1ccc(NC(=O)C(CC)Oc2ccc(C(C)(C)CC)cc2C(C)(C)CC)cc1. The van der Waals surface area contributed by atoms with E-state index < -0.39 is 6.10 Å². The Morgan fingerprint density at radius 2 is 1.56 bits per heavy atom. The highest BCUT2D eigenvalue weighted by atomic mass is 16.5. The number of hydrogen-bond acceptors (Lipinski definition) is 3. The lowest BCUT2D eigenvalue weighted by Gasteiger charge is -2.31. The number of carbonyl (C=O) groups is 1. The Bertz CT molecular complexity index is 915. The van der Waals surface area contributed by atoms with E-state index in [9.17, 15) is 4.79 Å². The molecular formula is C30H45NO3. The third-order valence-electron chi connectivity index (χ3n) is 7.08. The fraction of sp³-hybridized carbons (Fsp3) is 0.567. The van der Waals surface area contributed by atoms with Gasteiger partial charge in [0, 0.05) is 11.3 Å². The van der Waals surface area contributed by atoms with Crippen LogP contribution in [0.25, 0.3) is 0 Å². The number of amides is 1. The lowest BCUT2D eigenvalue weighted by Crippen LogP contribution is -2.33. The van der Waals surface area contributed by atoms with Gasteiger partial charge in [-0.2, -0.15) is 0 Å². The molecule has 0 heterocycles.